The highest BCUT2D eigenvalue weighted by atomic mass is 16.6. The van der Waals surface area contributed by atoms with Crippen molar-refractivity contribution in [1.29, 1.82) is 0 Å². The van der Waals surface area contributed by atoms with E-state index in [1.54, 1.807) is 0 Å². The van der Waals surface area contributed by atoms with Gasteiger partial charge in [0.1, 0.15) is 0 Å². The molecule has 0 radical (unpaired) electrons. The zero-order valence-corrected chi connectivity index (χ0v) is 11.8. The maximum absolute atomic E-state index is 4.86. The van der Waals surface area contributed by atoms with Gasteiger partial charge in [-0.2, -0.15) is 0 Å². The Morgan fingerprint density at radius 2 is 0.850 bits per heavy atom. The average Bonchev–Trinajstić information content (AvgIpc) is 3.06. The van der Waals surface area contributed by atoms with Crippen LogP contribution in [0.3, 0.4) is 0 Å². The standard InChI is InChI=1S/C10H16N8O2/c1-15-5-16(2)9-10(14-20-13-9)18(4)6-17(3)8-7(15)11-19-12-8/h5-6H2,1-4H3. The highest BCUT2D eigenvalue weighted by Crippen LogP contribution is 2.29. The van der Waals surface area contributed by atoms with E-state index in [2.05, 4.69) is 20.6 Å². The van der Waals surface area contributed by atoms with Crippen LogP contribution in [0.5, 0.6) is 0 Å². The van der Waals surface area contributed by atoms with Gasteiger partial charge in [0, 0.05) is 28.2 Å². The van der Waals surface area contributed by atoms with Crippen LogP contribution in [0.25, 0.3) is 0 Å². The van der Waals surface area contributed by atoms with Gasteiger partial charge in [0.15, 0.2) is 0 Å². The molecule has 3 rings (SSSR count). The number of anilines is 4. The first kappa shape index (κ1) is 12.5. The van der Waals surface area contributed by atoms with Crippen molar-refractivity contribution in [2.45, 2.75) is 0 Å². The second kappa shape index (κ2) is 4.54. The topological polar surface area (TPSA) is 90.8 Å². The zero-order valence-electron chi connectivity index (χ0n) is 11.8. The minimum atomic E-state index is 0.546. The number of rotatable bonds is 0. The fourth-order valence-corrected chi connectivity index (χ4v) is 2.22. The third kappa shape index (κ3) is 1.89. The average molecular weight is 280 g/mol. The summed E-state index contributed by atoms with van der Waals surface area (Å²) >= 11 is 0. The van der Waals surface area contributed by atoms with E-state index in [0.29, 0.717) is 36.6 Å². The first-order chi connectivity index (χ1) is 9.58. The van der Waals surface area contributed by atoms with E-state index >= 15 is 0 Å². The van der Waals surface area contributed by atoms with Gasteiger partial charge in [-0.25, -0.2) is 9.26 Å². The van der Waals surface area contributed by atoms with E-state index in [1.807, 2.05) is 47.8 Å². The van der Waals surface area contributed by atoms with Gasteiger partial charge in [-0.05, 0) is 20.6 Å². The molecule has 0 aliphatic carbocycles. The maximum atomic E-state index is 4.86. The molecule has 1 aliphatic rings. The molecule has 0 atom stereocenters. The largest absolute Gasteiger partial charge is 0.336 e. The van der Waals surface area contributed by atoms with Crippen LogP contribution in [0.4, 0.5) is 23.3 Å². The number of nitrogens with zero attached hydrogens (tertiary/aromatic N) is 8. The van der Waals surface area contributed by atoms with Crippen LogP contribution in [-0.4, -0.2) is 62.2 Å². The molecule has 0 aromatic carbocycles. The zero-order chi connectivity index (χ0) is 14.3. The Labute approximate surface area is 115 Å². The molecule has 2 aromatic rings. The smallest absolute Gasteiger partial charge is 0.219 e. The Balaban J connectivity index is 2.03. The second-order valence-electron chi connectivity index (χ2n) is 4.90. The molecule has 10 heteroatoms. The number of fused-ring (bicyclic) bond motifs is 2. The van der Waals surface area contributed by atoms with E-state index in [1.165, 1.54) is 0 Å². The number of hydrogen-bond donors (Lipinski definition) is 0. The van der Waals surface area contributed by atoms with Crippen LogP contribution in [0, 0.1) is 0 Å². The van der Waals surface area contributed by atoms with Gasteiger partial charge < -0.3 is 19.6 Å². The third-order valence-electron chi connectivity index (χ3n) is 3.20. The van der Waals surface area contributed by atoms with E-state index in [4.69, 9.17) is 9.26 Å². The van der Waals surface area contributed by atoms with E-state index in [-0.39, 0.29) is 0 Å². The van der Waals surface area contributed by atoms with Crippen LogP contribution < -0.4 is 19.6 Å². The Morgan fingerprint density at radius 3 is 1.10 bits per heavy atom. The molecule has 108 valence electrons. The summed E-state index contributed by atoms with van der Waals surface area (Å²) in [5, 5.41) is 15.8. The predicted molar refractivity (Wildman–Crippen MR) is 71.9 cm³/mol. The van der Waals surface area contributed by atoms with Crippen molar-refractivity contribution in [3.8, 4) is 0 Å². The molecule has 20 heavy (non-hydrogen) atoms. The van der Waals surface area contributed by atoms with Gasteiger partial charge in [-0.3, -0.25) is 0 Å². The fourth-order valence-electron chi connectivity index (χ4n) is 2.22. The van der Waals surface area contributed by atoms with Gasteiger partial charge in [0.05, 0.1) is 13.3 Å². The Hall–Kier alpha value is -2.52. The molecule has 0 unspecified atom stereocenters. The minimum Gasteiger partial charge on any atom is -0.336 e. The molecule has 0 spiro atoms. The van der Waals surface area contributed by atoms with Crippen LogP contribution in [0.15, 0.2) is 9.26 Å². The summed E-state index contributed by atoms with van der Waals surface area (Å²) in [7, 11) is 7.63. The second-order valence-corrected chi connectivity index (χ2v) is 4.90. The van der Waals surface area contributed by atoms with Crippen LogP contribution in [0.2, 0.25) is 0 Å². The summed E-state index contributed by atoms with van der Waals surface area (Å²) < 4.78 is 9.72. The summed E-state index contributed by atoms with van der Waals surface area (Å²) in [6, 6.07) is 0. The van der Waals surface area contributed by atoms with Gasteiger partial charge in [-0.15, -0.1) is 0 Å². The summed E-state index contributed by atoms with van der Waals surface area (Å²) in [5.74, 6) is 2.70. The molecule has 0 fully saturated rings. The maximum Gasteiger partial charge on any atom is 0.219 e. The van der Waals surface area contributed by atoms with Crippen molar-refractivity contribution in [1.82, 2.24) is 20.6 Å². The first-order valence-corrected chi connectivity index (χ1v) is 6.07. The quantitative estimate of drug-likeness (QED) is 0.647. The predicted octanol–water partition coefficient (Wildman–Crippen LogP) is -0.174. The van der Waals surface area contributed by atoms with Crippen molar-refractivity contribution >= 4 is 23.3 Å². The third-order valence-corrected chi connectivity index (χ3v) is 3.20. The monoisotopic (exact) mass is 280 g/mol. The summed E-state index contributed by atoms with van der Waals surface area (Å²) in [5.41, 5.74) is 0. The van der Waals surface area contributed by atoms with Crippen molar-refractivity contribution < 1.29 is 9.26 Å². The molecular formula is C10H16N8O2. The number of hydrogen-bond acceptors (Lipinski definition) is 10. The molecule has 0 amide bonds. The van der Waals surface area contributed by atoms with Gasteiger partial charge in [0.25, 0.3) is 0 Å². The van der Waals surface area contributed by atoms with Gasteiger partial charge >= 0.3 is 0 Å². The van der Waals surface area contributed by atoms with Crippen molar-refractivity contribution in [2.75, 3.05) is 61.1 Å². The van der Waals surface area contributed by atoms with Gasteiger partial charge in [0.2, 0.25) is 23.3 Å². The molecule has 10 nitrogen and oxygen atoms in total. The highest BCUT2D eigenvalue weighted by Gasteiger charge is 2.26. The lowest BCUT2D eigenvalue weighted by atomic mass is 10.4. The van der Waals surface area contributed by atoms with Crippen LogP contribution >= 0.6 is 0 Å². The summed E-state index contributed by atoms with van der Waals surface area (Å²) in [6.45, 7) is 1.09. The fraction of sp³-hybridized carbons (Fsp3) is 0.600. The lowest BCUT2D eigenvalue weighted by Crippen LogP contribution is -2.39. The molecular weight excluding hydrogens is 264 g/mol. The number of aromatic nitrogens is 4. The lowest BCUT2D eigenvalue weighted by Gasteiger charge is -2.31. The van der Waals surface area contributed by atoms with Crippen molar-refractivity contribution in [2.24, 2.45) is 0 Å². The lowest BCUT2D eigenvalue weighted by molar-refractivity contribution is 0.306. The van der Waals surface area contributed by atoms with Crippen LogP contribution in [0.1, 0.15) is 0 Å². The first-order valence-electron chi connectivity index (χ1n) is 6.07. The van der Waals surface area contributed by atoms with Crippen LogP contribution in [-0.2, 0) is 0 Å². The molecule has 0 saturated carbocycles. The summed E-state index contributed by atoms with van der Waals surface area (Å²) in [6.07, 6.45) is 0. The van der Waals surface area contributed by atoms with E-state index in [0.717, 1.165) is 0 Å². The molecule has 0 bridgehead atoms. The SMILES string of the molecule is CN1CN(C)c2nonc2N(C)CN(C)c2nonc21. The Morgan fingerprint density at radius 1 is 0.600 bits per heavy atom. The Bertz CT molecular complexity index is 498. The van der Waals surface area contributed by atoms with Crippen molar-refractivity contribution in [3.05, 3.63) is 0 Å². The summed E-state index contributed by atoms with van der Waals surface area (Å²) in [4.78, 5) is 7.69. The minimum absolute atomic E-state index is 0.546. The molecule has 1 aliphatic heterocycles. The van der Waals surface area contributed by atoms with Gasteiger partial charge in [-0.1, -0.05) is 0 Å². The Kier molecular flexibility index (Phi) is 2.84. The molecule has 2 aromatic heterocycles. The highest BCUT2D eigenvalue weighted by molar-refractivity contribution is 5.66. The molecule has 3 heterocycles. The van der Waals surface area contributed by atoms with E-state index < -0.39 is 0 Å². The van der Waals surface area contributed by atoms with Crippen molar-refractivity contribution in [3.63, 3.8) is 0 Å². The molecule has 0 saturated heterocycles. The van der Waals surface area contributed by atoms with E-state index in [9.17, 15) is 0 Å². The molecule has 0 N–H and O–H groups in total. The normalized spacial score (nSPS) is 16.2.